The maximum Gasteiger partial charge on any atom is 0.432 e. The third-order valence-electron chi connectivity index (χ3n) is 2.04. The lowest BCUT2D eigenvalue weighted by molar-refractivity contribution is -0.137. The Balaban J connectivity index is 2.57. The van der Waals surface area contributed by atoms with Crippen molar-refractivity contribution in [3.8, 4) is 0 Å². The number of carboxylic acid groups (broad SMARTS) is 1. The summed E-state index contributed by atoms with van der Waals surface area (Å²) in [6, 6.07) is 0. The SMILES string of the molecule is N=C1N(CCC(=O)O)CCN1P(=O)(O)O. The molecule has 1 aliphatic rings. The Bertz CT molecular complexity index is 327. The van der Waals surface area contributed by atoms with Gasteiger partial charge in [0.1, 0.15) is 0 Å². The molecule has 9 heteroatoms. The summed E-state index contributed by atoms with van der Waals surface area (Å²) in [5, 5.41) is 15.9. The predicted octanol–water partition coefficient (Wildman–Crippen LogP) is -0.894. The zero-order valence-corrected chi connectivity index (χ0v) is 8.72. The number of rotatable bonds is 4. The Morgan fingerprint density at radius 3 is 2.47 bits per heavy atom. The Morgan fingerprint density at radius 2 is 2.07 bits per heavy atom. The van der Waals surface area contributed by atoms with Crippen LogP contribution in [0.2, 0.25) is 0 Å². The summed E-state index contributed by atoms with van der Waals surface area (Å²) in [6.07, 6.45) is -0.155. The smallest absolute Gasteiger partial charge is 0.432 e. The van der Waals surface area contributed by atoms with Gasteiger partial charge >= 0.3 is 13.7 Å². The highest BCUT2D eigenvalue weighted by Gasteiger charge is 2.36. The van der Waals surface area contributed by atoms with Gasteiger partial charge in [-0.25, -0.2) is 9.24 Å². The van der Waals surface area contributed by atoms with Gasteiger partial charge in [-0.2, -0.15) is 0 Å². The van der Waals surface area contributed by atoms with E-state index in [2.05, 4.69) is 0 Å². The van der Waals surface area contributed by atoms with Crippen molar-refractivity contribution in [3.63, 3.8) is 0 Å². The number of hydrogen-bond acceptors (Lipinski definition) is 3. The van der Waals surface area contributed by atoms with Crippen LogP contribution in [0.4, 0.5) is 0 Å². The quantitative estimate of drug-likeness (QED) is 0.467. The van der Waals surface area contributed by atoms with Crippen molar-refractivity contribution in [1.82, 2.24) is 9.57 Å². The molecule has 86 valence electrons. The largest absolute Gasteiger partial charge is 0.481 e. The maximum atomic E-state index is 10.9. The van der Waals surface area contributed by atoms with Crippen LogP contribution in [0.25, 0.3) is 0 Å². The minimum atomic E-state index is -4.43. The van der Waals surface area contributed by atoms with Crippen LogP contribution >= 0.6 is 7.75 Å². The number of guanidine groups is 1. The van der Waals surface area contributed by atoms with E-state index in [9.17, 15) is 9.36 Å². The van der Waals surface area contributed by atoms with Crippen molar-refractivity contribution >= 4 is 19.7 Å². The van der Waals surface area contributed by atoms with Gasteiger partial charge in [0.15, 0.2) is 0 Å². The van der Waals surface area contributed by atoms with Crippen LogP contribution < -0.4 is 0 Å². The van der Waals surface area contributed by atoms with Crippen molar-refractivity contribution in [3.05, 3.63) is 0 Å². The van der Waals surface area contributed by atoms with E-state index in [0.717, 1.165) is 0 Å². The maximum absolute atomic E-state index is 10.9. The van der Waals surface area contributed by atoms with E-state index >= 15 is 0 Å². The molecule has 0 radical (unpaired) electrons. The molecule has 0 saturated carbocycles. The molecule has 0 aliphatic carbocycles. The summed E-state index contributed by atoms with van der Waals surface area (Å²) < 4.78 is 11.5. The molecule has 1 fully saturated rings. The Kier molecular flexibility index (Phi) is 3.33. The minimum absolute atomic E-state index is 0.0444. The molecule has 0 amide bonds. The highest BCUT2D eigenvalue weighted by molar-refractivity contribution is 7.50. The fourth-order valence-corrected chi connectivity index (χ4v) is 2.02. The van der Waals surface area contributed by atoms with Crippen molar-refractivity contribution in [2.75, 3.05) is 19.6 Å². The second-order valence-electron chi connectivity index (χ2n) is 3.09. The van der Waals surface area contributed by atoms with E-state index in [1.165, 1.54) is 4.90 Å². The van der Waals surface area contributed by atoms with Crippen LogP contribution in [-0.2, 0) is 9.36 Å². The van der Waals surface area contributed by atoms with Crippen molar-refractivity contribution in [1.29, 1.82) is 5.41 Å². The number of nitrogens with one attached hydrogen (secondary N) is 1. The van der Waals surface area contributed by atoms with Crippen LogP contribution in [0.5, 0.6) is 0 Å². The molecule has 0 aromatic carbocycles. The van der Waals surface area contributed by atoms with E-state index in [1.54, 1.807) is 0 Å². The summed E-state index contributed by atoms with van der Waals surface area (Å²) >= 11 is 0. The van der Waals surface area contributed by atoms with Gasteiger partial charge in [-0.1, -0.05) is 0 Å². The second-order valence-corrected chi connectivity index (χ2v) is 4.60. The van der Waals surface area contributed by atoms with E-state index in [1.807, 2.05) is 0 Å². The van der Waals surface area contributed by atoms with Gasteiger partial charge < -0.3 is 19.8 Å². The molecule has 0 aromatic heterocycles. The predicted molar refractivity (Wildman–Crippen MR) is 50.3 cm³/mol. The van der Waals surface area contributed by atoms with Crippen LogP contribution in [0.3, 0.4) is 0 Å². The zero-order chi connectivity index (χ0) is 11.6. The fourth-order valence-electron chi connectivity index (χ4n) is 1.29. The van der Waals surface area contributed by atoms with Crippen LogP contribution in [0, 0.1) is 5.41 Å². The van der Waals surface area contributed by atoms with Crippen LogP contribution in [-0.4, -0.2) is 56.0 Å². The highest BCUT2D eigenvalue weighted by atomic mass is 31.2. The van der Waals surface area contributed by atoms with Crippen molar-refractivity contribution in [2.24, 2.45) is 0 Å². The first-order chi connectivity index (χ1) is 6.82. The van der Waals surface area contributed by atoms with Crippen molar-refractivity contribution in [2.45, 2.75) is 6.42 Å². The lowest BCUT2D eigenvalue weighted by Crippen LogP contribution is -2.32. The van der Waals surface area contributed by atoms with Crippen LogP contribution in [0.15, 0.2) is 0 Å². The molecule has 1 heterocycles. The fraction of sp³-hybridized carbons (Fsp3) is 0.667. The monoisotopic (exact) mass is 237 g/mol. The molecule has 1 aliphatic heterocycles. The van der Waals surface area contributed by atoms with Gasteiger partial charge in [0.2, 0.25) is 5.96 Å². The van der Waals surface area contributed by atoms with Gasteiger partial charge in [0.25, 0.3) is 0 Å². The van der Waals surface area contributed by atoms with E-state index in [0.29, 0.717) is 4.67 Å². The second kappa shape index (κ2) is 4.18. The summed E-state index contributed by atoms with van der Waals surface area (Å²) in [7, 11) is -4.43. The van der Waals surface area contributed by atoms with E-state index in [4.69, 9.17) is 20.3 Å². The average Bonchev–Trinajstić information content (AvgIpc) is 2.42. The number of hydrogen-bond donors (Lipinski definition) is 4. The highest BCUT2D eigenvalue weighted by Crippen LogP contribution is 2.42. The molecule has 8 nitrogen and oxygen atoms in total. The van der Waals surface area contributed by atoms with Gasteiger partial charge in [-0.3, -0.25) is 10.2 Å². The minimum Gasteiger partial charge on any atom is -0.481 e. The van der Waals surface area contributed by atoms with Gasteiger partial charge in [-0.05, 0) is 0 Å². The standard InChI is InChI=1S/C6H12N3O5P/c7-6-8(2-1-5(10)11)3-4-9(6)15(12,13)14/h7H,1-4H2,(H,10,11)(H2,12,13,14). The first kappa shape index (κ1) is 12.0. The lowest BCUT2D eigenvalue weighted by Gasteiger charge is -2.21. The molecule has 0 atom stereocenters. The summed E-state index contributed by atoms with van der Waals surface area (Å²) in [4.78, 5) is 29.3. The third kappa shape index (κ3) is 2.92. The normalized spacial score (nSPS) is 17.3. The molecule has 0 bridgehead atoms. The molecule has 4 N–H and O–H groups in total. The zero-order valence-electron chi connectivity index (χ0n) is 7.83. The molecule has 1 saturated heterocycles. The average molecular weight is 237 g/mol. The molecular weight excluding hydrogens is 225 g/mol. The van der Waals surface area contributed by atoms with Crippen molar-refractivity contribution < 1.29 is 24.3 Å². The Labute approximate surface area is 85.8 Å². The van der Waals surface area contributed by atoms with Crippen LogP contribution in [0.1, 0.15) is 6.42 Å². The third-order valence-corrected chi connectivity index (χ3v) is 3.05. The molecule has 0 unspecified atom stereocenters. The number of carboxylic acids is 1. The Hall–Kier alpha value is -1.11. The first-order valence-corrected chi connectivity index (χ1v) is 5.77. The Morgan fingerprint density at radius 1 is 1.47 bits per heavy atom. The number of nitrogens with zero attached hydrogens (tertiary/aromatic N) is 2. The molecule has 0 spiro atoms. The summed E-state index contributed by atoms with van der Waals surface area (Å²) in [6.45, 7) is 0.393. The lowest BCUT2D eigenvalue weighted by atomic mass is 10.4. The van der Waals surface area contributed by atoms with E-state index < -0.39 is 13.7 Å². The van der Waals surface area contributed by atoms with Gasteiger partial charge in [0.05, 0.1) is 6.42 Å². The molecule has 15 heavy (non-hydrogen) atoms. The summed E-state index contributed by atoms with van der Waals surface area (Å²) in [5.74, 6) is -1.32. The van der Waals surface area contributed by atoms with E-state index in [-0.39, 0.29) is 32.0 Å². The van der Waals surface area contributed by atoms with Gasteiger partial charge in [0, 0.05) is 19.6 Å². The topological polar surface area (TPSA) is 125 Å². The molecular formula is C6H12N3O5P. The number of aliphatic carboxylic acids is 1. The first-order valence-electron chi connectivity index (χ1n) is 4.21. The molecule has 1 rings (SSSR count). The summed E-state index contributed by atoms with van der Waals surface area (Å²) in [5.41, 5.74) is 0. The number of carbonyl (C=O) groups is 1. The molecule has 0 aromatic rings. The van der Waals surface area contributed by atoms with Gasteiger partial charge in [-0.15, -0.1) is 0 Å².